The quantitative estimate of drug-likeness (QED) is 0.288. The van der Waals surface area contributed by atoms with E-state index in [9.17, 15) is 0 Å². The van der Waals surface area contributed by atoms with Crippen LogP contribution in [0.1, 0.15) is 12.7 Å². The lowest BCUT2D eigenvalue weighted by Gasteiger charge is -2.08. The van der Waals surface area contributed by atoms with Gasteiger partial charge in [0.1, 0.15) is 5.82 Å². The second-order valence-corrected chi connectivity index (χ2v) is 7.69. The van der Waals surface area contributed by atoms with E-state index in [1.807, 2.05) is 115 Å². The number of aromatic nitrogens is 5. The van der Waals surface area contributed by atoms with Crippen LogP contribution in [0, 0.1) is 0 Å². The highest BCUT2D eigenvalue weighted by Gasteiger charge is 2.13. The van der Waals surface area contributed by atoms with Gasteiger partial charge in [-0.1, -0.05) is 97.6 Å². The number of hydrogen-bond acceptors (Lipinski definition) is 4. The van der Waals surface area contributed by atoms with Gasteiger partial charge in [-0.05, 0) is 13.0 Å². The minimum Gasteiger partial charge on any atom is -0.307 e. The third kappa shape index (κ3) is 4.32. The molecule has 0 unspecified atom stereocenters. The Labute approximate surface area is 198 Å². The predicted octanol–water partition coefficient (Wildman–Crippen LogP) is 6.87. The molecule has 5 aromatic rings. The van der Waals surface area contributed by atoms with E-state index in [-0.39, 0.29) is 0 Å². The normalized spacial score (nSPS) is 11.1. The van der Waals surface area contributed by atoms with E-state index in [1.165, 1.54) is 0 Å². The lowest BCUT2D eigenvalue weighted by atomic mass is 10.1. The predicted molar refractivity (Wildman–Crippen MR) is 138 cm³/mol. The molecule has 0 spiro atoms. The van der Waals surface area contributed by atoms with Crippen molar-refractivity contribution in [2.45, 2.75) is 6.92 Å². The first-order chi connectivity index (χ1) is 16.7. The minimum atomic E-state index is 0.630. The third-order valence-electron chi connectivity index (χ3n) is 5.39. The van der Waals surface area contributed by atoms with Crippen LogP contribution in [0.5, 0.6) is 0 Å². The number of nitrogens with zero attached hydrogens (tertiary/aromatic N) is 5. The average Bonchev–Trinajstić information content (AvgIpc) is 3.33. The fourth-order valence-electron chi connectivity index (χ4n) is 3.71. The second kappa shape index (κ2) is 9.46. The molecule has 5 heteroatoms. The van der Waals surface area contributed by atoms with E-state index in [1.54, 1.807) is 6.08 Å². The Kier molecular flexibility index (Phi) is 5.91. The van der Waals surface area contributed by atoms with Crippen molar-refractivity contribution in [2.75, 3.05) is 0 Å². The Hall–Kier alpha value is -4.64. The molecule has 0 fully saturated rings. The Bertz CT molecular complexity index is 1390. The molecule has 0 saturated carbocycles. The maximum Gasteiger partial charge on any atom is 0.164 e. The number of hydrogen-bond donors (Lipinski definition) is 0. The van der Waals surface area contributed by atoms with Crippen LogP contribution in [0.4, 0.5) is 0 Å². The summed E-state index contributed by atoms with van der Waals surface area (Å²) in [5.74, 6) is 2.73. The minimum absolute atomic E-state index is 0.630. The smallest absolute Gasteiger partial charge is 0.164 e. The van der Waals surface area contributed by atoms with Gasteiger partial charge in [0.2, 0.25) is 0 Å². The summed E-state index contributed by atoms with van der Waals surface area (Å²) >= 11 is 0. The molecule has 0 aliphatic rings. The Balaban J connectivity index is 1.56. The first kappa shape index (κ1) is 21.2. The molecule has 0 amide bonds. The molecule has 34 heavy (non-hydrogen) atoms. The Morgan fingerprint density at radius 3 is 1.56 bits per heavy atom. The van der Waals surface area contributed by atoms with Crippen molar-refractivity contribution in [1.29, 1.82) is 0 Å². The van der Waals surface area contributed by atoms with Gasteiger partial charge in [-0.3, -0.25) is 0 Å². The van der Waals surface area contributed by atoms with Crippen LogP contribution >= 0.6 is 0 Å². The Morgan fingerprint density at radius 1 is 0.618 bits per heavy atom. The lowest BCUT2D eigenvalue weighted by molar-refractivity contribution is 1.07. The van der Waals surface area contributed by atoms with E-state index in [0.29, 0.717) is 17.5 Å². The molecule has 0 radical (unpaired) electrons. The third-order valence-corrected chi connectivity index (χ3v) is 5.39. The molecule has 2 aromatic heterocycles. The number of rotatable bonds is 6. The average molecular weight is 442 g/mol. The fourth-order valence-corrected chi connectivity index (χ4v) is 3.71. The zero-order chi connectivity index (χ0) is 23.3. The molecule has 2 heterocycles. The summed E-state index contributed by atoms with van der Waals surface area (Å²) < 4.78 is 1.96. The standard InChI is InChI=1S/C29H23N5/c1-3-19-34-20-25(30-26(34)4-2)21-15-17-24(18-16-21)29-32-27(22-11-7-5-8-12-22)31-28(33-29)23-13-9-6-10-14-23/h3-20H,2H2,1H3/b19-3-. The molecule has 5 nitrogen and oxygen atoms in total. The van der Waals surface area contributed by atoms with Gasteiger partial charge in [0.15, 0.2) is 17.5 Å². The van der Waals surface area contributed by atoms with Gasteiger partial charge < -0.3 is 4.57 Å². The fraction of sp³-hybridized carbons (Fsp3) is 0.0345. The summed E-state index contributed by atoms with van der Waals surface area (Å²) in [6, 6.07) is 28.1. The molecule has 5 rings (SSSR count). The van der Waals surface area contributed by atoms with Crippen molar-refractivity contribution in [3.05, 3.63) is 110 Å². The molecule has 0 saturated heterocycles. The van der Waals surface area contributed by atoms with E-state index in [0.717, 1.165) is 33.8 Å². The van der Waals surface area contributed by atoms with Crippen molar-refractivity contribution in [3.8, 4) is 45.4 Å². The van der Waals surface area contributed by atoms with Crippen molar-refractivity contribution in [2.24, 2.45) is 0 Å². The summed E-state index contributed by atoms with van der Waals surface area (Å²) in [6.45, 7) is 5.84. The zero-order valence-corrected chi connectivity index (χ0v) is 18.8. The van der Waals surface area contributed by atoms with Crippen LogP contribution in [0.25, 0.3) is 57.7 Å². The molecular weight excluding hydrogens is 418 g/mol. The topological polar surface area (TPSA) is 56.5 Å². The number of imidazole rings is 1. The van der Waals surface area contributed by atoms with Crippen molar-refractivity contribution < 1.29 is 0 Å². The van der Waals surface area contributed by atoms with E-state index in [4.69, 9.17) is 15.0 Å². The first-order valence-electron chi connectivity index (χ1n) is 11.1. The Morgan fingerprint density at radius 2 is 1.09 bits per heavy atom. The van der Waals surface area contributed by atoms with E-state index < -0.39 is 0 Å². The van der Waals surface area contributed by atoms with Gasteiger partial charge in [0, 0.05) is 34.7 Å². The van der Waals surface area contributed by atoms with Crippen LogP contribution in [0.15, 0.2) is 104 Å². The second-order valence-electron chi connectivity index (χ2n) is 7.69. The van der Waals surface area contributed by atoms with E-state index in [2.05, 4.69) is 11.6 Å². The van der Waals surface area contributed by atoms with Crippen molar-refractivity contribution >= 4 is 12.3 Å². The van der Waals surface area contributed by atoms with Gasteiger partial charge in [-0.25, -0.2) is 19.9 Å². The monoisotopic (exact) mass is 441 g/mol. The van der Waals surface area contributed by atoms with Crippen molar-refractivity contribution in [3.63, 3.8) is 0 Å². The van der Waals surface area contributed by atoms with Gasteiger partial charge in [-0.2, -0.15) is 0 Å². The van der Waals surface area contributed by atoms with Crippen LogP contribution in [-0.2, 0) is 0 Å². The molecule has 0 bridgehead atoms. The van der Waals surface area contributed by atoms with Gasteiger partial charge >= 0.3 is 0 Å². The highest BCUT2D eigenvalue weighted by molar-refractivity contribution is 5.69. The molecule has 0 aliphatic heterocycles. The van der Waals surface area contributed by atoms with Crippen LogP contribution in [-0.4, -0.2) is 24.5 Å². The van der Waals surface area contributed by atoms with Gasteiger partial charge in [0.05, 0.1) is 5.69 Å². The van der Waals surface area contributed by atoms with Crippen LogP contribution in [0.3, 0.4) is 0 Å². The summed E-state index contributed by atoms with van der Waals surface area (Å²) in [5.41, 5.74) is 4.70. The summed E-state index contributed by atoms with van der Waals surface area (Å²) in [6.07, 6.45) is 7.68. The molecule has 0 N–H and O–H groups in total. The highest BCUT2D eigenvalue weighted by Crippen LogP contribution is 2.27. The molecule has 164 valence electrons. The van der Waals surface area contributed by atoms with Gasteiger partial charge in [0.25, 0.3) is 0 Å². The first-order valence-corrected chi connectivity index (χ1v) is 11.1. The van der Waals surface area contributed by atoms with Crippen molar-refractivity contribution in [1.82, 2.24) is 24.5 Å². The van der Waals surface area contributed by atoms with Gasteiger partial charge in [-0.15, -0.1) is 0 Å². The maximum atomic E-state index is 4.79. The summed E-state index contributed by atoms with van der Waals surface area (Å²) in [7, 11) is 0. The van der Waals surface area contributed by atoms with Crippen LogP contribution < -0.4 is 0 Å². The summed E-state index contributed by atoms with van der Waals surface area (Å²) in [4.78, 5) is 19.0. The lowest BCUT2D eigenvalue weighted by Crippen LogP contribution is -2.00. The molecular formula is C29H23N5. The maximum absolute atomic E-state index is 4.79. The zero-order valence-electron chi connectivity index (χ0n) is 18.8. The molecule has 3 aromatic carbocycles. The van der Waals surface area contributed by atoms with E-state index >= 15 is 0 Å². The number of benzene rings is 3. The molecule has 0 atom stereocenters. The van der Waals surface area contributed by atoms with Crippen LogP contribution in [0.2, 0.25) is 0 Å². The molecule has 0 aliphatic carbocycles. The highest BCUT2D eigenvalue weighted by atomic mass is 15.1. The largest absolute Gasteiger partial charge is 0.307 e. The SMILES string of the molecule is C=Cc1nc(-c2ccc(-c3nc(-c4ccccc4)nc(-c4ccccc4)n3)cc2)cn1/C=C\C. The summed E-state index contributed by atoms with van der Waals surface area (Å²) in [5, 5.41) is 0. The number of allylic oxidation sites excluding steroid dienone is 1.